The first-order valence-electron chi connectivity index (χ1n) is 10.9. The normalized spacial score (nSPS) is 12.7. The molecule has 1 aromatic heterocycles. The molecule has 0 aliphatic heterocycles. The maximum atomic E-state index is 13.5. The Bertz CT molecular complexity index is 1330. The van der Waals surface area contributed by atoms with Crippen molar-refractivity contribution in [3.8, 4) is 11.1 Å². The molecule has 7 nitrogen and oxygen atoms in total. The van der Waals surface area contributed by atoms with Gasteiger partial charge < -0.3 is 20.5 Å². The average molecular weight is 495 g/mol. The first-order valence-corrected chi connectivity index (χ1v) is 11.3. The zero-order chi connectivity index (χ0) is 24.9. The third-order valence-corrected chi connectivity index (χ3v) is 5.84. The van der Waals surface area contributed by atoms with E-state index in [0.29, 0.717) is 42.6 Å². The van der Waals surface area contributed by atoms with E-state index in [1.807, 2.05) is 18.2 Å². The lowest BCUT2D eigenvalue weighted by atomic mass is 9.87. The fourth-order valence-corrected chi connectivity index (χ4v) is 3.95. The molecule has 1 aliphatic carbocycles. The molecule has 35 heavy (non-hydrogen) atoms. The van der Waals surface area contributed by atoms with Crippen LogP contribution in [-0.2, 0) is 16.0 Å². The van der Waals surface area contributed by atoms with Gasteiger partial charge in [0.05, 0.1) is 10.6 Å². The Labute approximate surface area is 207 Å². The van der Waals surface area contributed by atoms with Gasteiger partial charge in [0, 0.05) is 37.7 Å². The third-order valence-electron chi connectivity index (χ3n) is 5.55. The lowest BCUT2D eigenvalue weighted by Gasteiger charge is -2.18. The van der Waals surface area contributed by atoms with Crippen molar-refractivity contribution < 1.29 is 19.0 Å². The average Bonchev–Trinajstić information content (AvgIpc) is 2.83. The minimum Gasteiger partial charge on any atom is -0.478 e. The highest BCUT2D eigenvalue weighted by Crippen LogP contribution is 2.34. The largest absolute Gasteiger partial charge is 0.478 e. The summed E-state index contributed by atoms with van der Waals surface area (Å²) in [5, 5.41) is 15.8. The van der Waals surface area contributed by atoms with Gasteiger partial charge in [0.15, 0.2) is 0 Å². The SMILES string of the molecule is C=C1Cc2ccc(-c3cnc(Nc4ccc(F)c(Cl)c4)nc3NCCCOC)cc2C=C1C(=O)O. The van der Waals surface area contributed by atoms with E-state index in [0.717, 1.165) is 28.7 Å². The van der Waals surface area contributed by atoms with Crippen molar-refractivity contribution in [2.45, 2.75) is 12.8 Å². The van der Waals surface area contributed by atoms with Crippen molar-refractivity contribution in [2.75, 3.05) is 30.9 Å². The van der Waals surface area contributed by atoms with Crippen molar-refractivity contribution in [1.82, 2.24) is 9.97 Å². The minimum absolute atomic E-state index is 0.00457. The van der Waals surface area contributed by atoms with Crippen LogP contribution in [0.1, 0.15) is 17.5 Å². The van der Waals surface area contributed by atoms with Crippen LogP contribution in [-0.4, -0.2) is 41.3 Å². The van der Waals surface area contributed by atoms with Crippen molar-refractivity contribution in [1.29, 1.82) is 0 Å². The van der Waals surface area contributed by atoms with Crippen molar-refractivity contribution in [2.24, 2.45) is 0 Å². The smallest absolute Gasteiger partial charge is 0.335 e. The molecular weight excluding hydrogens is 471 g/mol. The summed E-state index contributed by atoms with van der Waals surface area (Å²) in [5.41, 5.74) is 4.76. The monoisotopic (exact) mass is 494 g/mol. The molecule has 1 aliphatic rings. The molecule has 4 rings (SSSR count). The van der Waals surface area contributed by atoms with E-state index in [4.69, 9.17) is 16.3 Å². The Morgan fingerprint density at radius 2 is 2.11 bits per heavy atom. The second-order valence-electron chi connectivity index (χ2n) is 8.04. The van der Waals surface area contributed by atoms with Crippen LogP contribution in [0.3, 0.4) is 0 Å². The van der Waals surface area contributed by atoms with Crippen LogP contribution in [0, 0.1) is 5.82 Å². The fraction of sp³-hybridized carbons (Fsp3) is 0.192. The van der Waals surface area contributed by atoms with Crippen molar-refractivity contribution in [3.63, 3.8) is 0 Å². The quantitative estimate of drug-likeness (QED) is 0.328. The van der Waals surface area contributed by atoms with Crippen LogP contribution in [0.25, 0.3) is 17.2 Å². The summed E-state index contributed by atoms with van der Waals surface area (Å²) in [5.74, 6) is -0.598. The number of benzene rings is 2. The zero-order valence-electron chi connectivity index (χ0n) is 19.1. The molecule has 3 aromatic rings. The summed E-state index contributed by atoms with van der Waals surface area (Å²) in [6.07, 6.45) is 4.58. The van der Waals surface area contributed by atoms with Gasteiger partial charge in [0.2, 0.25) is 5.95 Å². The number of hydrogen-bond acceptors (Lipinski definition) is 6. The standard InChI is InChI=1S/C26H24ClFN4O3/c1-15-10-16-4-5-17(11-18(16)12-20(15)25(33)34)21-14-30-26(32-24(21)29-8-3-9-35-2)31-19-6-7-23(28)22(27)13-19/h4-7,11-14H,1,3,8-10H2,2H3,(H,33,34)(H2,29,30,31,32). The number of aliphatic carboxylic acids is 1. The summed E-state index contributed by atoms with van der Waals surface area (Å²) in [6.45, 7) is 5.10. The predicted molar refractivity (Wildman–Crippen MR) is 136 cm³/mol. The molecule has 0 atom stereocenters. The molecule has 0 amide bonds. The van der Waals surface area contributed by atoms with Crippen molar-refractivity contribution >= 4 is 41.1 Å². The zero-order valence-corrected chi connectivity index (χ0v) is 19.8. The number of aromatic nitrogens is 2. The van der Waals surface area contributed by atoms with E-state index in [2.05, 4.69) is 27.2 Å². The summed E-state index contributed by atoms with van der Waals surface area (Å²) in [4.78, 5) is 20.6. The second kappa shape index (κ2) is 10.7. The molecule has 0 unspecified atom stereocenters. The maximum Gasteiger partial charge on any atom is 0.335 e. The van der Waals surface area contributed by atoms with Crippen molar-refractivity contribution in [3.05, 3.63) is 82.3 Å². The minimum atomic E-state index is -0.994. The summed E-state index contributed by atoms with van der Waals surface area (Å²) in [7, 11) is 1.65. The predicted octanol–water partition coefficient (Wildman–Crippen LogP) is 5.71. The summed E-state index contributed by atoms with van der Waals surface area (Å²) < 4.78 is 18.6. The van der Waals surface area contributed by atoms with Gasteiger partial charge in [-0.05, 0) is 65.4 Å². The summed E-state index contributed by atoms with van der Waals surface area (Å²) in [6, 6.07) is 10.1. The highest BCUT2D eigenvalue weighted by molar-refractivity contribution is 6.31. The maximum absolute atomic E-state index is 13.5. The van der Waals surface area contributed by atoms with E-state index in [-0.39, 0.29) is 10.6 Å². The van der Waals surface area contributed by atoms with Gasteiger partial charge in [-0.1, -0.05) is 30.3 Å². The highest BCUT2D eigenvalue weighted by atomic mass is 35.5. The number of carbonyl (C=O) groups is 1. The van der Waals surface area contributed by atoms with E-state index in [9.17, 15) is 14.3 Å². The number of rotatable bonds is 9. The number of hydrogen-bond donors (Lipinski definition) is 3. The molecule has 180 valence electrons. The van der Waals surface area contributed by atoms with Gasteiger partial charge >= 0.3 is 5.97 Å². The summed E-state index contributed by atoms with van der Waals surface area (Å²) >= 11 is 5.88. The molecule has 3 N–H and O–H groups in total. The van der Waals surface area contributed by atoms with Crippen LogP contribution >= 0.6 is 11.6 Å². The lowest BCUT2D eigenvalue weighted by Crippen LogP contribution is -2.11. The lowest BCUT2D eigenvalue weighted by molar-refractivity contribution is -0.132. The van der Waals surface area contributed by atoms with Crippen LogP contribution in [0.15, 0.2) is 60.3 Å². The molecule has 2 aromatic carbocycles. The van der Waals surface area contributed by atoms with Gasteiger partial charge in [-0.25, -0.2) is 14.2 Å². The fourth-order valence-electron chi connectivity index (χ4n) is 3.77. The van der Waals surface area contributed by atoms with E-state index < -0.39 is 11.8 Å². The molecule has 1 heterocycles. The highest BCUT2D eigenvalue weighted by Gasteiger charge is 2.20. The van der Waals surface area contributed by atoms with Crippen LogP contribution in [0.5, 0.6) is 0 Å². The molecule has 0 radical (unpaired) electrons. The molecule has 0 spiro atoms. The Kier molecular flexibility index (Phi) is 7.43. The van der Waals surface area contributed by atoms with Gasteiger partial charge in [-0.15, -0.1) is 0 Å². The number of anilines is 3. The first-order chi connectivity index (χ1) is 16.9. The van der Waals surface area contributed by atoms with Crippen LogP contribution in [0.4, 0.5) is 21.8 Å². The van der Waals surface area contributed by atoms with Gasteiger partial charge in [-0.2, -0.15) is 4.98 Å². The Hall–Kier alpha value is -3.75. The Morgan fingerprint density at radius 3 is 2.86 bits per heavy atom. The number of nitrogens with one attached hydrogen (secondary N) is 2. The number of halogens is 2. The number of nitrogens with zero attached hydrogens (tertiary/aromatic N) is 2. The third kappa shape index (κ3) is 5.67. The van der Waals surface area contributed by atoms with Gasteiger partial charge in [0.1, 0.15) is 11.6 Å². The topological polar surface area (TPSA) is 96.4 Å². The number of fused-ring (bicyclic) bond motifs is 1. The van der Waals surface area contributed by atoms with Gasteiger partial charge in [-0.3, -0.25) is 0 Å². The van der Waals surface area contributed by atoms with E-state index in [1.54, 1.807) is 25.4 Å². The van der Waals surface area contributed by atoms with E-state index >= 15 is 0 Å². The number of carboxylic acid groups (broad SMARTS) is 1. The van der Waals surface area contributed by atoms with Gasteiger partial charge in [0.25, 0.3) is 0 Å². The molecule has 0 bridgehead atoms. The number of carboxylic acids is 1. The van der Waals surface area contributed by atoms with Crippen LogP contribution in [0.2, 0.25) is 5.02 Å². The molecular formula is C26H24ClFN4O3. The Balaban J connectivity index is 1.68. The Morgan fingerprint density at radius 1 is 1.29 bits per heavy atom. The number of ether oxygens (including phenoxy) is 1. The molecule has 0 fully saturated rings. The molecule has 9 heteroatoms. The molecule has 0 saturated heterocycles. The first kappa shape index (κ1) is 24.4. The van der Waals surface area contributed by atoms with E-state index in [1.165, 1.54) is 12.1 Å². The molecule has 0 saturated carbocycles. The second-order valence-corrected chi connectivity index (χ2v) is 8.45. The van der Waals surface area contributed by atoms with Crippen LogP contribution < -0.4 is 10.6 Å². The number of methoxy groups -OCH3 is 1.